The Labute approximate surface area is 106 Å². The van der Waals surface area contributed by atoms with Crippen molar-refractivity contribution in [3.8, 4) is 0 Å². The maximum Gasteiger partial charge on any atom is 0.407 e. The van der Waals surface area contributed by atoms with E-state index in [-0.39, 0.29) is 6.61 Å². The van der Waals surface area contributed by atoms with Gasteiger partial charge in [-0.2, -0.15) is 0 Å². The van der Waals surface area contributed by atoms with Crippen molar-refractivity contribution in [1.29, 1.82) is 0 Å². The lowest BCUT2D eigenvalue weighted by Crippen LogP contribution is -2.37. The molecule has 2 N–H and O–H groups in total. The van der Waals surface area contributed by atoms with Crippen LogP contribution in [0.3, 0.4) is 0 Å². The molecule has 0 saturated carbocycles. The zero-order chi connectivity index (χ0) is 14.3. The Hall–Kier alpha value is -2.08. The van der Waals surface area contributed by atoms with E-state index in [1.54, 1.807) is 24.3 Å². The van der Waals surface area contributed by atoms with Gasteiger partial charge in [-0.1, -0.05) is 30.3 Å². The van der Waals surface area contributed by atoms with E-state index in [1.807, 2.05) is 11.4 Å². The van der Waals surface area contributed by atoms with Crippen LogP contribution in [-0.2, 0) is 20.9 Å². The van der Waals surface area contributed by atoms with Crippen LogP contribution in [0.4, 0.5) is 4.79 Å². The van der Waals surface area contributed by atoms with Gasteiger partial charge >= 0.3 is 12.1 Å². The molecule has 2 atom stereocenters. The van der Waals surface area contributed by atoms with Crippen molar-refractivity contribution in [2.45, 2.75) is 12.7 Å². The van der Waals surface area contributed by atoms with Gasteiger partial charge in [-0.3, -0.25) is 0 Å². The molecule has 6 nitrogen and oxygen atoms in total. The number of alkyl carbamates (subject to hydrolysis) is 1. The number of esters is 1. The number of aliphatic hydroxyl groups excluding tert-OH is 1. The smallest absolute Gasteiger partial charge is 0.407 e. The topological polar surface area (TPSA) is 84.9 Å². The van der Waals surface area contributed by atoms with Crippen molar-refractivity contribution in [3.63, 3.8) is 0 Å². The predicted molar refractivity (Wildman–Crippen MR) is 62.7 cm³/mol. The highest BCUT2D eigenvalue weighted by Crippen LogP contribution is 2.00. The molecule has 0 saturated heterocycles. The Morgan fingerprint density at radius 2 is 2.11 bits per heavy atom. The highest BCUT2D eigenvalue weighted by Gasteiger charge is 2.16. The zero-order valence-corrected chi connectivity index (χ0v) is 9.83. The number of ether oxygens (including phenoxy) is 2. The number of amides is 1. The maximum absolute atomic E-state index is 11.3. The molecule has 0 aliphatic carbocycles. The van der Waals surface area contributed by atoms with Crippen LogP contribution in [0.15, 0.2) is 30.3 Å². The number of carbonyl (C=O) groups excluding carboxylic acids is 2. The van der Waals surface area contributed by atoms with Crippen molar-refractivity contribution in [3.05, 3.63) is 35.9 Å². The third kappa shape index (κ3) is 4.84. The molecule has 6 heteroatoms. The summed E-state index contributed by atoms with van der Waals surface area (Å²) in [4.78, 5) is 22.3. The fourth-order valence-electron chi connectivity index (χ4n) is 1.10. The monoisotopic (exact) mass is 254 g/mol. The molecular weight excluding hydrogens is 238 g/mol. The summed E-state index contributed by atoms with van der Waals surface area (Å²) in [6, 6.07) is 8.97. The molecular formula is C12H15NO5. The highest BCUT2D eigenvalue weighted by atomic mass is 16.6. The first-order valence-electron chi connectivity index (χ1n) is 5.77. The SMILES string of the molecule is [2H][C@@H](NC(=O)OCc1ccccc1)[C@@H](O)C(=O)OC. The first-order chi connectivity index (χ1) is 9.04. The Balaban J connectivity index is 2.37. The van der Waals surface area contributed by atoms with Gasteiger partial charge in [-0.25, -0.2) is 9.59 Å². The van der Waals surface area contributed by atoms with Gasteiger partial charge in [0.05, 0.1) is 15.0 Å². The van der Waals surface area contributed by atoms with Crippen molar-refractivity contribution in [2.75, 3.05) is 13.6 Å². The molecule has 0 unspecified atom stereocenters. The van der Waals surface area contributed by atoms with Crippen LogP contribution in [0.25, 0.3) is 0 Å². The first kappa shape index (κ1) is 12.4. The molecule has 0 radical (unpaired) electrons. The van der Waals surface area contributed by atoms with Crippen molar-refractivity contribution >= 4 is 12.1 Å². The summed E-state index contributed by atoms with van der Waals surface area (Å²) in [7, 11) is 1.08. The number of hydrogen-bond donors (Lipinski definition) is 2. The molecule has 1 aromatic rings. The molecule has 0 aliphatic rings. The molecule has 0 aromatic heterocycles. The van der Waals surface area contributed by atoms with E-state index < -0.39 is 24.7 Å². The van der Waals surface area contributed by atoms with Crippen molar-refractivity contribution in [2.24, 2.45) is 0 Å². The minimum absolute atomic E-state index is 0.0354. The summed E-state index contributed by atoms with van der Waals surface area (Å²) in [5.41, 5.74) is 0.785. The van der Waals surface area contributed by atoms with Crippen molar-refractivity contribution < 1.29 is 25.5 Å². The Morgan fingerprint density at radius 1 is 1.44 bits per heavy atom. The van der Waals surface area contributed by atoms with Crippen LogP contribution < -0.4 is 5.32 Å². The van der Waals surface area contributed by atoms with E-state index in [1.165, 1.54) is 0 Å². The molecule has 1 amide bonds. The van der Waals surface area contributed by atoms with E-state index in [0.717, 1.165) is 12.7 Å². The quantitative estimate of drug-likeness (QED) is 0.745. The molecule has 0 bridgehead atoms. The zero-order valence-electron chi connectivity index (χ0n) is 10.8. The van der Waals surface area contributed by atoms with Crippen LogP contribution in [0, 0.1) is 0 Å². The van der Waals surface area contributed by atoms with Crippen LogP contribution >= 0.6 is 0 Å². The summed E-state index contributed by atoms with van der Waals surface area (Å²) in [6.07, 6.45) is -2.65. The number of nitrogens with one attached hydrogen (secondary N) is 1. The fraction of sp³-hybridized carbons (Fsp3) is 0.333. The van der Waals surface area contributed by atoms with Gasteiger partial charge in [-0.15, -0.1) is 0 Å². The molecule has 18 heavy (non-hydrogen) atoms. The Kier molecular flexibility index (Phi) is 5.01. The number of carbonyl (C=O) groups is 2. The molecule has 1 aromatic carbocycles. The van der Waals surface area contributed by atoms with E-state index >= 15 is 0 Å². The lowest BCUT2D eigenvalue weighted by molar-refractivity contribution is -0.149. The van der Waals surface area contributed by atoms with Crippen LogP contribution in [0.5, 0.6) is 0 Å². The van der Waals surface area contributed by atoms with Gasteiger partial charge in [0.2, 0.25) is 0 Å². The molecule has 0 aliphatic heterocycles. The van der Waals surface area contributed by atoms with Gasteiger partial charge in [0.1, 0.15) is 6.61 Å². The molecule has 0 spiro atoms. The predicted octanol–water partition coefficient (Wildman–Crippen LogP) is 0.447. The molecule has 0 fully saturated rings. The van der Waals surface area contributed by atoms with Gasteiger partial charge < -0.3 is 19.9 Å². The Bertz CT molecular complexity index is 425. The summed E-state index contributed by atoms with van der Waals surface area (Å²) < 4.78 is 16.4. The summed E-state index contributed by atoms with van der Waals surface area (Å²) >= 11 is 0. The lowest BCUT2D eigenvalue weighted by Gasteiger charge is -2.10. The number of benzene rings is 1. The number of rotatable bonds is 5. The summed E-state index contributed by atoms with van der Waals surface area (Å²) in [5.74, 6) is -0.997. The van der Waals surface area contributed by atoms with Crippen molar-refractivity contribution in [1.82, 2.24) is 5.32 Å². The number of methoxy groups -OCH3 is 1. The van der Waals surface area contributed by atoms with Crippen LogP contribution in [0.2, 0.25) is 0 Å². The minimum Gasteiger partial charge on any atom is -0.467 e. The van der Waals surface area contributed by atoms with E-state index in [9.17, 15) is 14.7 Å². The van der Waals surface area contributed by atoms with E-state index in [2.05, 4.69) is 4.74 Å². The van der Waals surface area contributed by atoms with Gasteiger partial charge in [-0.05, 0) is 5.56 Å². The van der Waals surface area contributed by atoms with E-state index in [4.69, 9.17) is 6.11 Å². The summed E-state index contributed by atoms with van der Waals surface area (Å²) in [6.45, 7) is -1.51. The normalized spacial score (nSPS) is 14.0. The average Bonchev–Trinajstić information content (AvgIpc) is 2.44. The van der Waals surface area contributed by atoms with Crippen LogP contribution in [0.1, 0.15) is 6.93 Å². The largest absolute Gasteiger partial charge is 0.467 e. The van der Waals surface area contributed by atoms with Crippen LogP contribution in [-0.4, -0.2) is 36.9 Å². The van der Waals surface area contributed by atoms with Gasteiger partial charge in [0.25, 0.3) is 0 Å². The second-order valence-electron chi connectivity index (χ2n) is 3.34. The summed E-state index contributed by atoms with van der Waals surface area (Å²) in [5, 5.41) is 11.3. The number of aliphatic hydroxyl groups is 1. The molecule has 1 rings (SSSR count). The second kappa shape index (κ2) is 7.29. The third-order valence-corrected chi connectivity index (χ3v) is 2.01. The maximum atomic E-state index is 11.3. The second-order valence-corrected chi connectivity index (χ2v) is 3.34. The number of hydrogen-bond acceptors (Lipinski definition) is 5. The fourth-order valence-corrected chi connectivity index (χ4v) is 1.10. The average molecular weight is 254 g/mol. The highest BCUT2D eigenvalue weighted by molar-refractivity contribution is 5.75. The first-order valence-corrected chi connectivity index (χ1v) is 5.20. The third-order valence-electron chi connectivity index (χ3n) is 2.01. The lowest BCUT2D eigenvalue weighted by atomic mass is 10.2. The van der Waals surface area contributed by atoms with E-state index in [0.29, 0.717) is 0 Å². The van der Waals surface area contributed by atoms with Gasteiger partial charge in [0, 0.05) is 0 Å². The molecule has 0 heterocycles. The Morgan fingerprint density at radius 3 is 2.72 bits per heavy atom. The van der Waals surface area contributed by atoms with Gasteiger partial charge in [0.15, 0.2) is 6.10 Å². The standard InChI is InChI=1S/C12H15NO5/c1-17-11(15)10(14)7-13-12(16)18-8-9-5-3-2-4-6-9/h2-6,10,14H,7-8H2,1H3,(H,13,16)/t10-/m1/s1/i7D/t7-,10-. The minimum atomic E-state index is -1.76. The molecule has 98 valence electrons.